The molecule has 0 N–H and O–H groups in total. The van der Waals surface area contributed by atoms with E-state index in [1.165, 1.54) is 11.8 Å². The van der Waals surface area contributed by atoms with E-state index in [4.69, 9.17) is 4.74 Å². The van der Waals surface area contributed by atoms with Gasteiger partial charge in [0, 0.05) is 4.90 Å². The smallest absolute Gasteiger partial charge is 0.207 e. The maximum absolute atomic E-state index is 12.1. The molecule has 20 heavy (non-hydrogen) atoms. The summed E-state index contributed by atoms with van der Waals surface area (Å²) in [5.41, 5.74) is 2.26. The Morgan fingerprint density at radius 3 is 2.40 bits per heavy atom. The predicted octanol–water partition coefficient (Wildman–Crippen LogP) is 4.14. The zero-order chi connectivity index (χ0) is 14.2. The largest absolute Gasteiger partial charge is 0.341 e. The number of hydrogen-bond acceptors (Lipinski definition) is 3. The fraction of sp³-hybridized carbons (Fsp3) is 0.235. The molecule has 1 fully saturated rings. The van der Waals surface area contributed by atoms with Crippen LogP contribution in [-0.4, -0.2) is 10.7 Å². The van der Waals surface area contributed by atoms with Crippen molar-refractivity contribution >= 4 is 17.5 Å². The van der Waals surface area contributed by atoms with Crippen molar-refractivity contribution in [1.82, 2.24) is 0 Å². The number of benzene rings is 2. The highest BCUT2D eigenvalue weighted by Crippen LogP contribution is 2.60. The van der Waals surface area contributed by atoms with Crippen LogP contribution in [0.3, 0.4) is 0 Å². The lowest BCUT2D eigenvalue weighted by atomic mass is 10.0. The van der Waals surface area contributed by atoms with Crippen molar-refractivity contribution in [2.24, 2.45) is 0 Å². The van der Waals surface area contributed by atoms with Crippen LogP contribution < -0.4 is 0 Å². The highest BCUT2D eigenvalue weighted by molar-refractivity contribution is 8.01. The zero-order valence-electron chi connectivity index (χ0n) is 11.5. The van der Waals surface area contributed by atoms with Crippen molar-refractivity contribution in [2.45, 2.75) is 29.8 Å². The summed E-state index contributed by atoms with van der Waals surface area (Å²) in [6, 6.07) is 18.0. The minimum absolute atomic E-state index is 0.0691. The third-order valence-corrected chi connectivity index (χ3v) is 4.96. The normalized spacial score (nSPS) is 24.4. The van der Waals surface area contributed by atoms with Gasteiger partial charge in [-0.1, -0.05) is 54.2 Å². The van der Waals surface area contributed by atoms with Gasteiger partial charge in [-0.25, -0.2) is 0 Å². The molecule has 0 radical (unpaired) electrons. The van der Waals surface area contributed by atoms with Crippen LogP contribution in [0.4, 0.5) is 0 Å². The van der Waals surface area contributed by atoms with Gasteiger partial charge in [-0.05, 0) is 37.1 Å². The van der Waals surface area contributed by atoms with E-state index in [-0.39, 0.29) is 11.9 Å². The monoisotopic (exact) mass is 284 g/mol. The van der Waals surface area contributed by atoms with Crippen LogP contribution in [0, 0.1) is 6.92 Å². The van der Waals surface area contributed by atoms with Crippen LogP contribution in [0.2, 0.25) is 0 Å². The van der Waals surface area contributed by atoms with E-state index < -0.39 is 4.93 Å². The molecule has 0 saturated carbocycles. The molecule has 2 nitrogen and oxygen atoms in total. The first kappa shape index (κ1) is 13.4. The van der Waals surface area contributed by atoms with Crippen molar-refractivity contribution < 1.29 is 9.53 Å². The standard InChI is InChI=1S/C17H16O2S/c1-12-8-6-7-11-15(12)16-17(19-16,13(2)18)20-14-9-4-3-5-10-14/h3-11,16H,1-2H3. The Kier molecular flexibility index (Phi) is 3.40. The third-order valence-electron chi connectivity index (χ3n) is 3.56. The van der Waals surface area contributed by atoms with Crippen molar-refractivity contribution in [1.29, 1.82) is 0 Å². The molecule has 0 bridgehead atoms. The van der Waals surface area contributed by atoms with Crippen molar-refractivity contribution in [3.05, 3.63) is 65.7 Å². The lowest BCUT2D eigenvalue weighted by Crippen LogP contribution is -2.18. The molecule has 3 rings (SSSR count). The molecule has 1 aliphatic rings. The van der Waals surface area contributed by atoms with Crippen LogP contribution in [-0.2, 0) is 9.53 Å². The molecule has 0 spiro atoms. The Morgan fingerprint density at radius 1 is 1.10 bits per heavy atom. The van der Waals surface area contributed by atoms with E-state index in [0.717, 1.165) is 16.0 Å². The van der Waals surface area contributed by atoms with Gasteiger partial charge < -0.3 is 4.74 Å². The topological polar surface area (TPSA) is 29.6 Å². The fourth-order valence-corrected chi connectivity index (χ4v) is 3.54. The molecule has 1 heterocycles. The Morgan fingerprint density at radius 2 is 1.75 bits per heavy atom. The molecule has 2 unspecified atom stereocenters. The number of ether oxygens (including phenoxy) is 1. The van der Waals surface area contributed by atoms with Gasteiger partial charge in [0.1, 0.15) is 6.10 Å². The molecule has 2 aromatic carbocycles. The predicted molar refractivity (Wildman–Crippen MR) is 80.7 cm³/mol. The molecular weight excluding hydrogens is 268 g/mol. The number of aryl methyl sites for hydroxylation is 1. The van der Waals surface area contributed by atoms with Gasteiger partial charge >= 0.3 is 0 Å². The first-order chi connectivity index (χ1) is 9.63. The van der Waals surface area contributed by atoms with Gasteiger partial charge in [-0.15, -0.1) is 0 Å². The van der Waals surface area contributed by atoms with Crippen molar-refractivity contribution in [3.63, 3.8) is 0 Å². The SMILES string of the molecule is CC(=O)C1(Sc2ccccc2)OC1c1ccccc1C. The average molecular weight is 284 g/mol. The second-order valence-electron chi connectivity index (χ2n) is 4.99. The second kappa shape index (κ2) is 5.08. The summed E-state index contributed by atoms with van der Waals surface area (Å²) in [5.74, 6) is 0.0691. The summed E-state index contributed by atoms with van der Waals surface area (Å²) in [6.07, 6.45) is -0.147. The Balaban J connectivity index is 1.90. The van der Waals surface area contributed by atoms with Crippen LogP contribution in [0.25, 0.3) is 0 Å². The van der Waals surface area contributed by atoms with E-state index >= 15 is 0 Å². The summed E-state index contributed by atoms with van der Waals surface area (Å²) in [6.45, 7) is 3.66. The van der Waals surface area contributed by atoms with Crippen molar-refractivity contribution in [3.8, 4) is 0 Å². The maximum Gasteiger partial charge on any atom is 0.207 e. The van der Waals surface area contributed by atoms with E-state index in [2.05, 4.69) is 13.0 Å². The summed E-state index contributed by atoms with van der Waals surface area (Å²) >= 11 is 1.50. The number of epoxide rings is 1. The Labute approximate surface area is 123 Å². The number of thioether (sulfide) groups is 1. The summed E-state index contributed by atoms with van der Waals surface area (Å²) in [4.78, 5) is 12.4. The molecule has 1 saturated heterocycles. The molecule has 2 atom stereocenters. The van der Waals surface area contributed by atoms with Gasteiger partial charge in [0.25, 0.3) is 0 Å². The zero-order valence-corrected chi connectivity index (χ0v) is 12.3. The van der Waals surface area contributed by atoms with E-state index in [9.17, 15) is 4.79 Å². The van der Waals surface area contributed by atoms with E-state index in [1.54, 1.807) is 6.92 Å². The average Bonchev–Trinajstić information content (AvgIpc) is 3.16. The minimum atomic E-state index is -0.756. The Hall–Kier alpha value is -1.58. The van der Waals surface area contributed by atoms with Gasteiger partial charge in [0.2, 0.25) is 4.93 Å². The first-order valence-corrected chi connectivity index (χ1v) is 7.43. The molecule has 1 aliphatic heterocycles. The highest BCUT2D eigenvalue weighted by atomic mass is 32.2. The quantitative estimate of drug-likeness (QED) is 0.790. The van der Waals surface area contributed by atoms with Crippen molar-refractivity contribution in [2.75, 3.05) is 0 Å². The fourth-order valence-electron chi connectivity index (χ4n) is 2.37. The molecule has 3 heteroatoms. The van der Waals surface area contributed by atoms with Gasteiger partial charge in [0.05, 0.1) is 0 Å². The number of hydrogen-bond donors (Lipinski definition) is 0. The molecule has 0 aliphatic carbocycles. The summed E-state index contributed by atoms with van der Waals surface area (Å²) < 4.78 is 5.85. The number of rotatable bonds is 4. The summed E-state index contributed by atoms with van der Waals surface area (Å²) in [5, 5.41) is 0. The lowest BCUT2D eigenvalue weighted by Gasteiger charge is -2.10. The van der Waals surface area contributed by atoms with Gasteiger partial charge in [-0.2, -0.15) is 0 Å². The van der Waals surface area contributed by atoms with E-state index in [0.29, 0.717) is 0 Å². The molecule has 0 aromatic heterocycles. The third kappa shape index (κ3) is 2.28. The molecule has 0 amide bonds. The van der Waals surface area contributed by atoms with Crippen LogP contribution in [0.5, 0.6) is 0 Å². The highest BCUT2D eigenvalue weighted by Gasteiger charge is 2.62. The van der Waals surface area contributed by atoms with Crippen LogP contribution in [0.1, 0.15) is 24.2 Å². The second-order valence-corrected chi connectivity index (χ2v) is 6.28. The molecule has 2 aromatic rings. The van der Waals surface area contributed by atoms with E-state index in [1.807, 2.05) is 48.5 Å². The molecule has 102 valence electrons. The minimum Gasteiger partial charge on any atom is -0.341 e. The molecular formula is C17H16O2S. The van der Waals surface area contributed by atoms with Gasteiger partial charge in [0.15, 0.2) is 5.78 Å². The summed E-state index contributed by atoms with van der Waals surface area (Å²) in [7, 11) is 0. The Bertz CT molecular complexity index is 638. The van der Waals surface area contributed by atoms with Crippen LogP contribution >= 0.6 is 11.8 Å². The van der Waals surface area contributed by atoms with Gasteiger partial charge in [-0.3, -0.25) is 4.79 Å². The number of carbonyl (C=O) groups excluding carboxylic acids is 1. The lowest BCUT2D eigenvalue weighted by molar-refractivity contribution is -0.119. The maximum atomic E-state index is 12.1. The first-order valence-electron chi connectivity index (χ1n) is 6.62. The number of Topliss-reactive ketones (excluding diaryl/α,β-unsaturated/α-hetero) is 1. The number of carbonyl (C=O) groups is 1. The van der Waals surface area contributed by atoms with Crippen LogP contribution in [0.15, 0.2) is 59.5 Å². The number of ketones is 1.